The molecule has 4 atom stereocenters. The Morgan fingerprint density at radius 3 is 1.82 bits per heavy atom. The number of para-hydroxylation sites is 2. The molecule has 0 saturated heterocycles. The molecule has 1 saturated carbocycles. The molecule has 17 heavy (non-hydrogen) atoms. The lowest BCUT2D eigenvalue weighted by Gasteiger charge is -2.23. The van der Waals surface area contributed by atoms with Gasteiger partial charge in [0.15, 0.2) is 0 Å². The second-order valence-corrected chi connectivity index (χ2v) is 6.94. The predicted octanol–water partition coefficient (Wildman–Crippen LogP) is 3.74. The largest absolute Gasteiger partial charge is 0.249 e. The maximum Gasteiger partial charge on any atom is 0.0890 e. The molecule has 1 aromatic heterocycles. The van der Waals surface area contributed by atoms with Crippen LogP contribution in [0.15, 0.2) is 24.3 Å². The van der Waals surface area contributed by atoms with E-state index < -0.39 is 0 Å². The summed E-state index contributed by atoms with van der Waals surface area (Å²) in [6.07, 6.45) is 1.18. The maximum absolute atomic E-state index is 4.81. The molecule has 4 rings (SSSR count). The molecule has 1 fully saturated rings. The molecule has 0 unspecified atom stereocenters. The topological polar surface area (TPSA) is 25.8 Å². The van der Waals surface area contributed by atoms with Crippen LogP contribution in [-0.4, -0.2) is 19.6 Å². The summed E-state index contributed by atoms with van der Waals surface area (Å²) in [5, 5.41) is 0. The smallest absolute Gasteiger partial charge is 0.0890 e. The van der Waals surface area contributed by atoms with E-state index in [1.54, 1.807) is 0 Å². The van der Waals surface area contributed by atoms with E-state index >= 15 is 0 Å². The Hall–Kier alpha value is -0.480. The zero-order chi connectivity index (χ0) is 11.6. The van der Waals surface area contributed by atoms with Crippen LogP contribution in [0.5, 0.6) is 0 Å². The van der Waals surface area contributed by atoms with Gasteiger partial charge in [0, 0.05) is 21.5 Å². The minimum Gasteiger partial charge on any atom is -0.249 e. The van der Waals surface area contributed by atoms with Crippen LogP contribution in [-0.2, 0) is 0 Å². The third-order valence-corrected chi connectivity index (χ3v) is 7.03. The number of benzene rings is 1. The first-order valence-corrected chi connectivity index (χ1v) is 7.63. The van der Waals surface area contributed by atoms with Crippen molar-refractivity contribution in [2.45, 2.75) is 27.9 Å². The van der Waals surface area contributed by atoms with Gasteiger partial charge in [0.05, 0.1) is 22.4 Å². The van der Waals surface area contributed by atoms with Crippen molar-refractivity contribution in [1.82, 2.24) is 9.97 Å². The van der Waals surface area contributed by atoms with Gasteiger partial charge in [-0.15, -0.1) is 0 Å². The van der Waals surface area contributed by atoms with E-state index in [9.17, 15) is 0 Å². The lowest BCUT2D eigenvalue weighted by Crippen LogP contribution is -2.23. The molecular weight excluding hydrogens is 344 g/mol. The number of nitrogens with zero attached hydrogens (tertiary/aromatic N) is 2. The fourth-order valence-electron chi connectivity index (χ4n) is 3.08. The molecule has 4 heteroatoms. The second kappa shape index (κ2) is 3.51. The molecular formula is C13H10Br2N2. The van der Waals surface area contributed by atoms with Gasteiger partial charge in [-0.3, -0.25) is 0 Å². The van der Waals surface area contributed by atoms with Crippen molar-refractivity contribution in [3.05, 3.63) is 35.7 Å². The van der Waals surface area contributed by atoms with Crippen molar-refractivity contribution < 1.29 is 0 Å². The first-order valence-electron chi connectivity index (χ1n) is 5.80. The molecule has 0 aliphatic heterocycles. The van der Waals surface area contributed by atoms with Crippen LogP contribution in [0.1, 0.15) is 29.6 Å². The molecule has 2 aliphatic carbocycles. The lowest BCUT2D eigenvalue weighted by molar-refractivity contribution is 0.733. The third kappa shape index (κ3) is 1.31. The van der Waals surface area contributed by atoms with E-state index in [0.29, 0.717) is 21.5 Å². The lowest BCUT2D eigenvalue weighted by atomic mass is 10.00. The van der Waals surface area contributed by atoms with Gasteiger partial charge in [0.1, 0.15) is 0 Å². The Kier molecular flexibility index (Phi) is 2.16. The number of aromatic nitrogens is 2. The van der Waals surface area contributed by atoms with E-state index in [4.69, 9.17) is 9.97 Å². The van der Waals surface area contributed by atoms with Gasteiger partial charge < -0.3 is 0 Å². The normalized spacial score (nSPS) is 34.2. The summed E-state index contributed by atoms with van der Waals surface area (Å²) < 4.78 is 0. The number of halogens is 2. The average Bonchev–Trinajstić information content (AvgIpc) is 2.85. The second-order valence-electron chi connectivity index (χ2n) is 4.82. The van der Waals surface area contributed by atoms with E-state index in [1.807, 2.05) is 24.3 Å². The first kappa shape index (κ1) is 10.4. The zero-order valence-corrected chi connectivity index (χ0v) is 12.1. The Morgan fingerprint density at radius 1 is 0.882 bits per heavy atom. The molecule has 0 N–H and O–H groups in total. The van der Waals surface area contributed by atoms with Crippen molar-refractivity contribution in [2.75, 3.05) is 0 Å². The van der Waals surface area contributed by atoms with Gasteiger partial charge in [-0.25, -0.2) is 9.97 Å². The Bertz CT molecular complexity index is 561. The van der Waals surface area contributed by atoms with E-state index in [0.717, 1.165) is 11.0 Å². The number of rotatable bonds is 0. The molecule has 1 heterocycles. The van der Waals surface area contributed by atoms with Gasteiger partial charge in [0.25, 0.3) is 0 Å². The summed E-state index contributed by atoms with van der Waals surface area (Å²) in [6, 6.07) is 8.14. The summed E-state index contributed by atoms with van der Waals surface area (Å²) >= 11 is 7.56. The highest BCUT2D eigenvalue weighted by molar-refractivity contribution is 9.12. The molecule has 2 nitrogen and oxygen atoms in total. The van der Waals surface area contributed by atoms with Gasteiger partial charge in [-0.2, -0.15) is 0 Å². The number of hydrogen-bond donors (Lipinski definition) is 0. The van der Waals surface area contributed by atoms with Crippen LogP contribution >= 0.6 is 31.9 Å². The highest BCUT2D eigenvalue weighted by Crippen LogP contribution is 2.57. The van der Waals surface area contributed by atoms with Crippen LogP contribution in [0.4, 0.5) is 0 Å². The van der Waals surface area contributed by atoms with Crippen LogP contribution in [0.3, 0.4) is 0 Å². The fourth-order valence-corrected chi connectivity index (χ4v) is 4.74. The predicted molar refractivity (Wildman–Crippen MR) is 75.1 cm³/mol. The van der Waals surface area contributed by atoms with Crippen molar-refractivity contribution >= 4 is 42.9 Å². The average molecular weight is 354 g/mol. The van der Waals surface area contributed by atoms with Crippen molar-refractivity contribution in [1.29, 1.82) is 0 Å². The SMILES string of the molecule is Br[C@@H]1[C@H](Br)[C@@H]2C[C@H]1c1nc3ccccc3nc12. The number of fused-ring (bicyclic) bond motifs is 6. The van der Waals surface area contributed by atoms with Gasteiger partial charge in [-0.05, 0) is 18.6 Å². The Labute approximate surface area is 116 Å². The Balaban J connectivity index is 1.99. The summed E-state index contributed by atoms with van der Waals surface area (Å²) in [7, 11) is 0. The monoisotopic (exact) mass is 352 g/mol. The quantitative estimate of drug-likeness (QED) is 0.674. The van der Waals surface area contributed by atoms with Crippen molar-refractivity contribution in [3.63, 3.8) is 0 Å². The molecule has 1 aromatic carbocycles. The molecule has 0 radical (unpaired) electrons. The highest BCUT2D eigenvalue weighted by Gasteiger charge is 2.51. The zero-order valence-electron chi connectivity index (χ0n) is 8.98. The molecule has 2 bridgehead atoms. The highest BCUT2D eigenvalue weighted by atomic mass is 79.9. The van der Waals surface area contributed by atoms with Crippen LogP contribution in [0.25, 0.3) is 11.0 Å². The van der Waals surface area contributed by atoms with Crippen molar-refractivity contribution in [3.8, 4) is 0 Å². The number of hydrogen-bond acceptors (Lipinski definition) is 2. The number of alkyl halides is 2. The molecule has 2 aromatic rings. The summed E-state index contributed by atoms with van der Waals surface area (Å²) in [5.74, 6) is 1.05. The summed E-state index contributed by atoms with van der Waals surface area (Å²) in [5.41, 5.74) is 4.46. The van der Waals surface area contributed by atoms with Crippen LogP contribution in [0, 0.1) is 0 Å². The minimum atomic E-state index is 0.496. The van der Waals surface area contributed by atoms with E-state index in [1.165, 1.54) is 17.8 Å². The first-order chi connectivity index (χ1) is 8.25. The van der Waals surface area contributed by atoms with E-state index in [-0.39, 0.29) is 0 Å². The molecule has 2 aliphatic rings. The summed E-state index contributed by atoms with van der Waals surface area (Å²) in [4.78, 5) is 10.6. The molecule has 86 valence electrons. The molecule has 0 spiro atoms. The maximum atomic E-state index is 4.81. The van der Waals surface area contributed by atoms with Crippen LogP contribution in [0.2, 0.25) is 0 Å². The van der Waals surface area contributed by atoms with E-state index in [2.05, 4.69) is 31.9 Å². The van der Waals surface area contributed by atoms with Gasteiger partial charge >= 0.3 is 0 Å². The van der Waals surface area contributed by atoms with Gasteiger partial charge in [0.2, 0.25) is 0 Å². The Morgan fingerprint density at radius 2 is 1.35 bits per heavy atom. The van der Waals surface area contributed by atoms with Crippen LogP contribution < -0.4 is 0 Å². The minimum absolute atomic E-state index is 0.496. The van der Waals surface area contributed by atoms with Crippen molar-refractivity contribution in [2.24, 2.45) is 0 Å². The standard InChI is InChI=1S/C13H10Br2N2/c14-10-6-5-7(11(10)15)13-12(6)16-8-3-1-2-4-9(8)17-13/h1-4,6-7,10-11H,5H2/t6-,7+,10+,11-. The molecule has 0 amide bonds. The summed E-state index contributed by atoms with van der Waals surface area (Å²) in [6.45, 7) is 0. The third-order valence-electron chi connectivity index (χ3n) is 3.91. The fraction of sp³-hybridized carbons (Fsp3) is 0.385. The van der Waals surface area contributed by atoms with Gasteiger partial charge in [-0.1, -0.05) is 44.0 Å².